The number of allylic oxidation sites excluding steroid dienone is 1. The SMILES string of the molecule is Cc1cc(O)c2c(c1)[C@@H](O)CC1=C2C(=O)c2c(O)ccc(O[C@H]3C[C@@H](O)[C@H](O[C@H]4C[C@@H](O[C@H]5CC[C@H](O[C@H]6C[C@@H](O)[C@H](O[C@H]7C[C@@H](O[C@H]8CC[C@H](O)[C@H](C)O8)[C@H](O)[C@@H](C)O7)[C@@H](C)O6)[C@H](C)O5)[C@H](O)[C@@H](C)O4)[C@@H](C)O3)c2C1=O. The number of hydrogen-bond acceptors (Lipinski definition) is 22. The Bertz CT molecular complexity index is 2480. The van der Waals surface area contributed by atoms with Gasteiger partial charge in [0.2, 0.25) is 6.29 Å². The van der Waals surface area contributed by atoms with Gasteiger partial charge >= 0.3 is 0 Å². The smallest absolute Gasteiger partial charge is 0.202 e. The van der Waals surface area contributed by atoms with Gasteiger partial charge in [0.15, 0.2) is 43.0 Å². The van der Waals surface area contributed by atoms with Crippen molar-refractivity contribution in [1.82, 2.24) is 0 Å². The number of benzene rings is 2. The van der Waals surface area contributed by atoms with Crippen LogP contribution in [0.1, 0.15) is 143 Å². The number of aliphatic hydroxyl groups is 6. The van der Waals surface area contributed by atoms with Crippen molar-refractivity contribution in [3.63, 3.8) is 0 Å². The van der Waals surface area contributed by atoms with E-state index < -0.39 is 159 Å². The van der Waals surface area contributed by atoms with Gasteiger partial charge in [0.25, 0.3) is 0 Å². The van der Waals surface area contributed by atoms with E-state index in [1.165, 1.54) is 18.2 Å². The molecule has 23 atom stereocenters. The molecule has 6 heterocycles. The summed E-state index contributed by atoms with van der Waals surface area (Å²) in [4.78, 5) is 28.3. The minimum Gasteiger partial charge on any atom is -0.507 e. The molecule has 6 saturated heterocycles. The highest BCUT2D eigenvalue weighted by Crippen LogP contribution is 2.50. The lowest BCUT2D eigenvalue weighted by Gasteiger charge is -2.45. The van der Waals surface area contributed by atoms with Crippen molar-refractivity contribution in [3.05, 3.63) is 57.7 Å². The van der Waals surface area contributed by atoms with E-state index in [1.54, 1.807) is 47.6 Å². The van der Waals surface area contributed by atoms with Crippen molar-refractivity contribution in [2.24, 2.45) is 0 Å². The summed E-state index contributed by atoms with van der Waals surface area (Å²) < 4.78 is 74.1. The van der Waals surface area contributed by atoms with Crippen LogP contribution in [0.15, 0.2) is 29.8 Å². The van der Waals surface area contributed by atoms with Crippen molar-refractivity contribution in [2.45, 2.75) is 248 Å². The van der Waals surface area contributed by atoms with Crippen molar-refractivity contribution in [2.75, 3.05) is 0 Å². The minimum atomic E-state index is -1.18. The number of ketones is 2. The third-order valence-corrected chi connectivity index (χ3v) is 16.3. The van der Waals surface area contributed by atoms with Gasteiger partial charge < -0.3 is 97.7 Å². The molecule has 6 fully saturated rings. The fourth-order valence-electron chi connectivity index (χ4n) is 12.1. The molecule has 426 valence electrons. The van der Waals surface area contributed by atoms with Gasteiger partial charge in [-0.25, -0.2) is 0 Å². The van der Waals surface area contributed by atoms with E-state index in [0.29, 0.717) is 36.8 Å². The lowest BCUT2D eigenvalue weighted by Crippen LogP contribution is -2.56. The Morgan fingerprint density at radius 1 is 0.481 bits per heavy atom. The number of aryl methyl sites for hydroxylation is 1. The normalized spacial score (nSPS) is 42.6. The molecule has 8 N–H and O–H groups in total. The lowest BCUT2D eigenvalue weighted by molar-refractivity contribution is -0.340. The molecule has 0 unspecified atom stereocenters. The van der Waals surface area contributed by atoms with Gasteiger partial charge in [-0.2, -0.15) is 0 Å². The highest BCUT2D eigenvalue weighted by atomic mass is 16.8. The average Bonchev–Trinajstić information content (AvgIpc) is 3.41. The molecule has 0 amide bonds. The summed E-state index contributed by atoms with van der Waals surface area (Å²) in [5.74, 6) is -2.22. The molecule has 22 heteroatoms. The monoisotopic (exact) mass is 1090 g/mol. The molecule has 2 aliphatic carbocycles. The Balaban J connectivity index is 0.698. The second-order valence-corrected chi connectivity index (χ2v) is 22.1. The van der Waals surface area contributed by atoms with Gasteiger partial charge in [0, 0.05) is 61.7 Å². The number of phenolic OH excluding ortho intramolecular Hbond substituents is 2. The van der Waals surface area contributed by atoms with E-state index in [9.17, 15) is 50.4 Å². The molecule has 0 bridgehead atoms. The lowest BCUT2D eigenvalue weighted by atomic mass is 9.73. The summed E-state index contributed by atoms with van der Waals surface area (Å²) in [5, 5.41) is 87.9. The third-order valence-electron chi connectivity index (χ3n) is 16.3. The Morgan fingerprint density at radius 2 is 1.00 bits per heavy atom. The van der Waals surface area contributed by atoms with Crippen LogP contribution in [-0.2, 0) is 52.1 Å². The van der Waals surface area contributed by atoms with Crippen LogP contribution in [-0.4, -0.2) is 188 Å². The van der Waals surface area contributed by atoms with E-state index in [1.807, 2.05) is 6.92 Å². The molecule has 8 aliphatic rings. The second-order valence-electron chi connectivity index (χ2n) is 22.1. The number of phenols is 2. The van der Waals surface area contributed by atoms with Crippen molar-refractivity contribution >= 4 is 17.1 Å². The van der Waals surface area contributed by atoms with Crippen molar-refractivity contribution in [1.29, 1.82) is 0 Å². The third kappa shape index (κ3) is 11.6. The molecular formula is C55H74O22. The molecule has 10 rings (SSSR count). The van der Waals surface area contributed by atoms with Crippen molar-refractivity contribution in [3.8, 4) is 17.2 Å². The summed E-state index contributed by atoms with van der Waals surface area (Å²) in [6.45, 7) is 12.2. The van der Waals surface area contributed by atoms with E-state index in [4.69, 9.17) is 56.8 Å². The Morgan fingerprint density at radius 3 is 1.58 bits per heavy atom. The van der Waals surface area contributed by atoms with E-state index >= 15 is 0 Å². The Hall–Kier alpha value is -3.76. The first kappa shape index (κ1) is 56.5. The number of hydrogen-bond donors (Lipinski definition) is 8. The second kappa shape index (κ2) is 23.0. The fourth-order valence-corrected chi connectivity index (χ4v) is 12.1. The minimum absolute atomic E-state index is 0.0289. The van der Waals surface area contributed by atoms with Crippen molar-refractivity contribution < 1.29 is 107 Å². The van der Waals surface area contributed by atoms with Crippen LogP contribution in [0.4, 0.5) is 0 Å². The number of rotatable bonds is 12. The van der Waals surface area contributed by atoms with E-state index in [-0.39, 0.29) is 71.4 Å². The van der Waals surface area contributed by atoms with Crippen LogP contribution in [0.5, 0.6) is 17.2 Å². The number of Topliss-reactive ketones (excluding diaryl/α,β-unsaturated/α-hetero) is 2. The summed E-state index contributed by atoms with van der Waals surface area (Å²) in [6.07, 6.45) is -16.1. The molecule has 2 aromatic carbocycles. The molecule has 0 radical (unpaired) electrons. The number of ether oxygens (including phenoxy) is 12. The zero-order valence-corrected chi connectivity index (χ0v) is 44.2. The maximum Gasteiger partial charge on any atom is 0.202 e. The van der Waals surface area contributed by atoms with E-state index in [0.717, 1.165) is 0 Å². The van der Waals surface area contributed by atoms with Crippen LogP contribution >= 0.6 is 0 Å². The summed E-state index contributed by atoms with van der Waals surface area (Å²) >= 11 is 0. The zero-order valence-electron chi connectivity index (χ0n) is 44.2. The number of aliphatic hydroxyl groups excluding tert-OH is 6. The summed E-state index contributed by atoms with van der Waals surface area (Å²) in [5.41, 5.74) is 0.332. The average molecular weight is 1090 g/mol. The molecule has 77 heavy (non-hydrogen) atoms. The molecular weight excluding hydrogens is 1010 g/mol. The maximum absolute atomic E-state index is 14.2. The molecule has 0 spiro atoms. The van der Waals surface area contributed by atoms with Gasteiger partial charge in [0.1, 0.15) is 41.7 Å². The largest absolute Gasteiger partial charge is 0.507 e. The van der Waals surface area contributed by atoms with E-state index in [2.05, 4.69) is 0 Å². The molecule has 2 aromatic rings. The zero-order chi connectivity index (χ0) is 54.9. The van der Waals surface area contributed by atoms with Crippen LogP contribution in [0.3, 0.4) is 0 Å². The Kier molecular flexibility index (Phi) is 16.9. The molecule has 6 aliphatic heterocycles. The fraction of sp³-hybridized carbons (Fsp3) is 0.709. The van der Waals surface area contributed by atoms with Gasteiger partial charge in [-0.15, -0.1) is 0 Å². The van der Waals surface area contributed by atoms with Gasteiger partial charge in [-0.3, -0.25) is 9.59 Å². The number of carbonyl (C=O) groups excluding carboxylic acids is 2. The first-order valence-corrected chi connectivity index (χ1v) is 27.1. The van der Waals surface area contributed by atoms with Crippen LogP contribution in [0.2, 0.25) is 0 Å². The standard InChI is InChI=1S/C55H74O22/c1-21-14-28-32(58)16-29-47(46(28)33(59)15-21)53(65)48-31(57)8-10-37(49(48)52(29)64)73-43-18-35(61)55(27(7)71-43)77-45-20-39(51(63)25(5)69-45)75-41-13-11-36(23(3)67-41)72-42-17-34(60)54(26(6)70-42)76-44-19-38(50(62)24(4)68-44)74-40-12-9-30(56)22(2)66-40/h8,10,14-15,22-27,30,32,34-36,38-45,50-51,54-63H,9,11-13,16-20H2,1-7H3/t22-,23-,24+,25+,26+,27+,30-,32-,34+,35+,36-,38+,39+,40-,41-,42-,43-,44-,45-,50+,51+,54+,55+/m0/s1. The summed E-state index contributed by atoms with van der Waals surface area (Å²) in [7, 11) is 0. The maximum atomic E-state index is 14.2. The predicted molar refractivity (Wildman–Crippen MR) is 264 cm³/mol. The summed E-state index contributed by atoms with van der Waals surface area (Å²) in [6, 6.07) is 5.62. The molecule has 0 aromatic heterocycles. The van der Waals surface area contributed by atoms with Gasteiger partial charge in [-0.1, -0.05) is 6.07 Å². The number of aromatic hydroxyl groups is 2. The first-order valence-electron chi connectivity index (χ1n) is 27.1. The highest BCUT2D eigenvalue weighted by molar-refractivity contribution is 6.42. The first-order chi connectivity index (χ1) is 36.6. The molecule has 22 nitrogen and oxygen atoms in total. The highest BCUT2D eigenvalue weighted by Gasteiger charge is 2.49. The van der Waals surface area contributed by atoms with Crippen LogP contribution in [0, 0.1) is 6.92 Å². The van der Waals surface area contributed by atoms with Crippen LogP contribution in [0.25, 0.3) is 5.57 Å². The number of fused-ring (bicyclic) bond motifs is 3. The predicted octanol–water partition coefficient (Wildman–Crippen LogP) is 3.38. The van der Waals surface area contributed by atoms with Crippen LogP contribution < -0.4 is 4.74 Å². The van der Waals surface area contributed by atoms with Gasteiger partial charge in [-0.05, 0) is 90.6 Å². The molecule has 0 saturated carbocycles. The number of carbonyl (C=O) groups is 2. The van der Waals surface area contributed by atoms with Gasteiger partial charge in [0.05, 0.1) is 90.5 Å². The quantitative estimate of drug-likeness (QED) is 0.151. The Labute approximate surface area is 445 Å². The topological polar surface area (TPSA) is 307 Å².